The van der Waals surface area contributed by atoms with E-state index in [1.807, 2.05) is 24.4 Å². The molecule has 1 unspecified atom stereocenters. The number of pyridine rings is 1. The van der Waals surface area contributed by atoms with Gasteiger partial charge in [-0.2, -0.15) is 0 Å². The van der Waals surface area contributed by atoms with E-state index in [-0.39, 0.29) is 11.6 Å². The normalized spacial score (nSPS) is 12.2. The van der Waals surface area contributed by atoms with Crippen LogP contribution in [0.3, 0.4) is 0 Å². The maximum Gasteiger partial charge on any atom is 0.250 e. The molecule has 0 bridgehead atoms. The zero-order valence-electron chi connectivity index (χ0n) is 11.8. The third-order valence-electron chi connectivity index (χ3n) is 3.18. The molecule has 1 aromatic carbocycles. The predicted molar refractivity (Wildman–Crippen MR) is 87.2 cm³/mol. The average Bonchev–Trinajstić information content (AvgIpc) is 2.43. The van der Waals surface area contributed by atoms with E-state index in [2.05, 4.69) is 47.2 Å². The molecule has 1 atom stereocenters. The minimum Gasteiger partial charge on any atom is -0.377 e. The number of benzene rings is 1. The molecule has 3 nitrogen and oxygen atoms in total. The molecule has 106 valence electrons. The molecule has 0 aliphatic heterocycles. The summed E-state index contributed by atoms with van der Waals surface area (Å²) in [5.74, 6) is 0. The van der Waals surface area contributed by atoms with Crippen LogP contribution in [0.15, 0.2) is 51.9 Å². The van der Waals surface area contributed by atoms with Crippen LogP contribution in [0.5, 0.6) is 0 Å². The molecule has 0 amide bonds. The summed E-state index contributed by atoms with van der Waals surface area (Å²) in [6.07, 6.45) is 2.84. The molecule has 0 spiro atoms. The molecule has 0 aliphatic carbocycles. The number of rotatable bonds is 5. The molecule has 20 heavy (non-hydrogen) atoms. The van der Waals surface area contributed by atoms with E-state index in [0.717, 1.165) is 23.1 Å². The molecule has 1 aromatic heterocycles. The third kappa shape index (κ3) is 3.73. The molecule has 1 N–H and O–H groups in total. The van der Waals surface area contributed by atoms with Gasteiger partial charge in [0.25, 0.3) is 5.56 Å². The molecular weight excluding hydrogens is 316 g/mol. The Labute approximate surface area is 127 Å². The highest BCUT2D eigenvalue weighted by molar-refractivity contribution is 9.10. The van der Waals surface area contributed by atoms with E-state index < -0.39 is 0 Å². The summed E-state index contributed by atoms with van der Waals surface area (Å²) < 4.78 is 2.82. The van der Waals surface area contributed by atoms with Crippen LogP contribution in [0.2, 0.25) is 0 Å². The zero-order chi connectivity index (χ0) is 14.5. The Kier molecular flexibility index (Phi) is 5.01. The summed E-state index contributed by atoms with van der Waals surface area (Å²) in [7, 11) is 0. The highest BCUT2D eigenvalue weighted by atomic mass is 79.9. The SMILES string of the molecule is CCCn1cc(NC(C)c2cccc(Br)c2)ccc1=O. The maximum atomic E-state index is 11.7. The van der Waals surface area contributed by atoms with Gasteiger partial charge in [-0.1, -0.05) is 35.0 Å². The van der Waals surface area contributed by atoms with Crippen molar-refractivity contribution in [3.05, 3.63) is 63.0 Å². The Morgan fingerprint density at radius 1 is 1.30 bits per heavy atom. The highest BCUT2D eigenvalue weighted by Gasteiger charge is 2.06. The number of nitrogens with one attached hydrogen (secondary N) is 1. The van der Waals surface area contributed by atoms with Crippen molar-refractivity contribution in [2.24, 2.45) is 0 Å². The Hall–Kier alpha value is -1.55. The first-order valence-electron chi connectivity index (χ1n) is 6.82. The van der Waals surface area contributed by atoms with Gasteiger partial charge in [0, 0.05) is 29.3 Å². The number of hydrogen-bond acceptors (Lipinski definition) is 2. The minimum absolute atomic E-state index is 0.0486. The zero-order valence-corrected chi connectivity index (χ0v) is 13.4. The highest BCUT2D eigenvalue weighted by Crippen LogP contribution is 2.21. The van der Waals surface area contributed by atoms with E-state index in [9.17, 15) is 4.79 Å². The number of aryl methyl sites for hydroxylation is 1. The summed E-state index contributed by atoms with van der Waals surface area (Å²) in [6.45, 7) is 4.92. The van der Waals surface area contributed by atoms with Crippen LogP contribution in [-0.2, 0) is 6.54 Å². The maximum absolute atomic E-state index is 11.7. The molecule has 0 saturated heterocycles. The van der Waals surface area contributed by atoms with Gasteiger partial charge in [-0.25, -0.2) is 0 Å². The number of aromatic nitrogens is 1. The van der Waals surface area contributed by atoms with Gasteiger partial charge in [-0.05, 0) is 37.1 Å². The van der Waals surface area contributed by atoms with Crippen molar-refractivity contribution in [1.29, 1.82) is 0 Å². The van der Waals surface area contributed by atoms with E-state index in [0.29, 0.717) is 0 Å². The lowest BCUT2D eigenvalue weighted by atomic mass is 10.1. The molecule has 2 rings (SSSR count). The molecule has 0 saturated carbocycles. The molecule has 0 fully saturated rings. The Balaban J connectivity index is 2.17. The van der Waals surface area contributed by atoms with Crippen molar-refractivity contribution in [2.45, 2.75) is 32.9 Å². The van der Waals surface area contributed by atoms with Crippen molar-refractivity contribution < 1.29 is 0 Å². The fourth-order valence-corrected chi connectivity index (χ4v) is 2.56. The second-order valence-corrected chi connectivity index (χ2v) is 5.79. The van der Waals surface area contributed by atoms with Gasteiger partial charge in [-0.15, -0.1) is 0 Å². The first-order valence-corrected chi connectivity index (χ1v) is 7.62. The van der Waals surface area contributed by atoms with Crippen LogP contribution < -0.4 is 10.9 Å². The quantitative estimate of drug-likeness (QED) is 0.889. The van der Waals surface area contributed by atoms with E-state index in [4.69, 9.17) is 0 Å². The third-order valence-corrected chi connectivity index (χ3v) is 3.67. The van der Waals surface area contributed by atoms with Gasteiger partial charge >= 0.3 is 0 Å². The lowest BCUT2D eigenvalue weighted by molar-refractivity contribution is 0.654. The monoisotopic (exact) mass is 334 g/mol. The average molecular weight is 335 g/mol. The fourth-order valence-electron chi connectivity index (χ4n) is 2.14. The van der Waals surface area contributed by atoms with Crippen LogP contribution in [0.25, 0.3) is 0 Å². The largest absolute Gasteiger partial charge is 0.377 e. The standard InChI is InChI=1S/C16H19BrN2O/c1-3-9-19-11-15(7-8-16(19)20)18-12(2)13-5-4-6-14(17)10-13/h4-8,10-12,18H,3,9H2,1-2H3. The van der Waals surface area contributed by atoms with Gasteiger partial charge in [0.2, 0.25) is 0 Å². The van der Waals surface area contributed by atoms with Gasteiger partial charge in [0.1, 0.15) is 0 Å². The lowest BCUT2D eigenvalue weighted by Gasteiger charge is -2.17. The van der Waals surface area contributed by atoms with Crippen LogP contribution in [0, 0.1) is 0 Å². The topological polar surface area (TPSA) is 34.0 Å². The van der Waals surface area contributed by atoms with Crippen molar-refractivity contribution in [3.8, 4) is 0 Å². The summed E-state index contributed by atoms with van der Waals surface area (Å²) in [4.78, 5) is 11.7. The Morgan fingerprint density at radius 3 is 2.80 bits per heavy atom. The lowest BCUT2D eigenvalue weighted by Crippen LogP contribution is -2.19. The summed E-state index contributed by atoms with van der Waals surface area (Å²) in [5, 5.41) is 3.43. The Morgan fingerprint density at radius 2 is 2.10 bits per heavy atom. The van der Waals surface area contributed by atoms with Crippen LogP contribution in [0.4, 0.5) is 5.69 Å². The van der Waals surface area contributed by atoms with E-state index >= 15 is 0 Å². The van der Waals surface area contributed by atoms with E-state index in [1.165, 1.54) is 5.56 Å². The first-order chi connectivity index (χ1) is 9.60. The van der Waals surface area contributed by atoms with Gasteiger partial charge < -0.3 is 9.88 Å². The van der Waals surface area contributed by atoms with Crippen LogP contribution in [0.1, 0.15) is 31.9 Å². The second kappa shape index (κ2) is 6.75. The first kappa shape index (κ1) is 14.9. The summed E-state index contributed by atoms with van der Waals surface area (Å²) in [5.41, 5.74) is 2.21. The van der Waals surface area contributed by atoms with Gasteiger partial charge in [0.15, 0.2) is 0 Å². The molecule has 0 radical (unpaired) electrons. The molecule has 4 heteroatoms. The van der Waals surface area contributed by atoms with Crippen molar-refractivity contribution in [3.63, 3.8) is 0 Å². The van der Waals surface area contributed by atoms with Crippen LogP contribution in [-0.4, -0.2) is 4.57 Å². The van der Waals surface area contributed by atoms with Gasteiger partial charge in [0.05, 0.1) is 5.69 Å². The molecule has 1 heterocycles. The smallest absolute Gasteiger partial charge is 0.250 e. The summed E-state index contributed by atoms with van der Waals surface area (Å²) in [6, 6.07) is 11.9. The Bertz CT molecular complexity index is 636. The summed E-state index contributed by atoms with van der Waals surface area (Å²) >= 11 is 3.48. The number of anilines is 1. The fraction of sp³-hybridized carbons (Fsp3) is 0.312. The predicted octanol–water partition coefficient (Wildman–Crippen LogP) is 4.19. The van der Waals surface area contributed by atoms with Crippen molar-refractivity contribution in [1.82, 2.24) is 4.57 Å². The van der Waals surface area contributed by atoms with Crippen molar-refractivity contribution in [2.75, 3.05) is 5.32 Å². The number of hydrogen-bond donors (Lipinski definition) is 1. The number of nitrogens with zero attached hydrogens (tertiary/aromatic N) is 1. The second-order valence-electron chi connectivity index (χ2n) is 4.87. The molecule has 0 aliphatic rings. The van der Waals surface area contributed by atoms with E-state index in [1.54, 1.807) is 10.6 Å². The van der Waals surface area contributed by atoms with Gasteiger partial charge in [-0.3, -0.25) is 4.79 Å². The van der Waals surface area contributed by atoms with Crippen LogP contribution >= 0.6 is 15.9 Å². The number of halogens is 1. The minimum atomic E-state index is 0.0486. The molecular formula is C16H19BrN2O. The molecule has 2 aromatic rings. The van der Waals surface area contributed by atoms with Crippen molar-refractivity contribution >= 4 is 21.6 Å².